The summed E-state index contributed by atoms with van der Waals surface area (Å²) in [4.78, 5) is 39.4. The van der Waals surface area contributed by atoms with Crippen LogP contribution >= 0.6 is 0 Å². The number of alkyl carbamates (subject to hydrolysis) is 1. The van der Waals surface area contributed by atoms with Gasteiger partial charge in [-0.1, -0.05) is 62.4 Å². The normalized spacial score (nSPS) is 22.7. The summed E-state index contributed by atoms with van der Waals surface area (Å²) in [5.74, 6) is -1.22. The number of benzene rings is 2. The standard InChI is InChI=1S/C28H34N2O5/c1-5-27(3,24(31)30-14-18(2)28(4,17-30)25(32)33)16-29-26(34)35-15-23-21-12-8-6-10-19(21)20-11-7-9-13-22(20)23/h6-13,18,23H,5,14-17H2,1-4H3,(H,29,34)(H,32,33)/t18-,27?,28-/m1/s1. The summed E-state index contributed by atoms with van der Waals surface area (Å²) in [5, 5.41) is 12.4. The Bertz CT molecular complexity index is 1100. The van der Waals surface area contributed by atoms with Crippen LogP contribution in [-0.4, -0.2) is 54.2 Å². The lowest BCUT2D eigenvalue weighted by Crippen LogP contribution is -2.48. The predicted octanol–water partition coefficient (Wildman–Crippen LogP) is 4.51. The van der Waals surface area contributed by atoms with Crippen molar-refractivity contribution in [3.05, 3.63) is 59.7 Å². The number of nitrogens with one attached hydrogen (secondary N) is 1. The number of carbonyl (C=O) groups excluding carboxylic acids is 2. The maximum atomic E-state index is 13.3. The third kappa shape index (κ3) is 4.40. The largest absolute Gasteiger partial charge is 0.481 e. The Kier molecular flexibility index (Phi) is 6.62. The zero-order valence-electron chi connectivity index (χ0n) is 20.8. The van der Waals surface area contributed by atoms with E-state index >= 15 is 0 Å². The minimum Gasteiger partial charge on any atom is -0.481 e. The number of nitrogens with zero attached hydrogens (tertiary/aromatic N) is 1. The number of aliphatic carboxylic acids is 1. The summed E-state index contributed by atoms with van der Waals surface area (Å²) in [5.41, 5.74) is 2.78. The fourth-order valence-corrected chi connectivity index (χ4v) is 5.23. The topological polar surface area (TPSA) is 95.9 Å². The molecule has 35 heavy (non-hydrogen) atoms. The quantitative estimate of drug-likeness (QED) is 0.610. The maximum absolute atomic E-state index is 13.3. The van der Waals surface area contributed by atoms with E-state index in [-0.39, 0.29) is 37.4 Å². The van der Waals surface area contributed by atoms with Crippen molar-refractivity contribution in [2.24, 2.45) is 16.7 Å². The highest BCUT2D eigenvalue weighted by Gasteiger charge is 2.50. The van der Waals surface area contributed by atoms with E-state index in [2.05, 4.69) is 29.6 Å². The second kappa shape index (κ2) is 9.36. The molecule has 1 unspecified atom stereocenters. The lowest BCUT2D eigenvalue weighted by molar-refractivity contribution is -0.149. The lowest BCUT2D eigenvalue weighted by atomic mass is 9.81. The second-order valence-electron chi connectivity index (χ2n) is 10.4. The second-order valence-corrected chi connectivity index (χ2v) is 10.4. The molecule has 3 atom stereocenters. The monoisotopic (exact) mass is 478 g/mol. The number of ether oxygens (including phenoxy) is 1. The molecule has 0 radical (unpaired) electrons. The van der Waals surface area contributed by atoms with Crippen molar-refractivity contribution < 1.29 is 24.2 Å². The maximum Gasteiger partial charge on any atom is 0.407 e. The molecule has 2 amide bonds. The fourth-order valence-electron chi connectivity index (χ4n) is 5.23. The molecule has 0 saturated carbocycles. The molecule has 2 N–H and O–H groups in total. The highest BCUT2D eigenvalue weighted by atomic mass is 16.5. The van der Waals surface area contributed by atoms with Gasteiger partial charge in [0.1, 0.15) is 6.61 Å². The Balaban J connectivity index is 1.37. The molecular weight excluding hydrogens is 444 g/mol. The third-order valence-electron chi connectivity index (χ3n) is 8.14. The molecule has 186 valence electrons. The predicted molar refractivity (Wildman–Crippen MR) is 133 cm³/mol. The van der Waals surface area contributed by atoms with Crippen LogP contribution in [0.15, 0.2) is 48.5 Å². The molecule has 2 aliphatic rings. The van der Waals surface area contributed by atoms with Gasteiger partial charge < -0.3 is 20.1 Å². The van der Waals surface area contributed by atoms with Crippen molar-refractivity contribution in [2.75, 3.05) is 26.2 Å². The first-order chi connectivity index (χ1) is 16.6. The summed E-state index contributed by atoms with van der Waals surface area (Å²) in [6.07, 6.45) is -0.0612. The first-order valence-electron chi connectivity index (χ1n) is 12.2. The summed E-state index contributed by atoms with van der Waals surface area (Å²) < 4.78 is 5.61. The molecule has 0 bridgehead atoms. The number of rotatable bonds is 7. The fraction of sp³-hybridized carbons (Fsp3) is 0.464. The number of carbonyl (C=O) groups is 3. The van der Waals surface area contributed by atoms with Crippen molar-refractivity contribution in [3.63, 3.8) is 0 Å². The van der Waals surface area contributed by atoms with Gasteiger partial charge in [0.25, 0.3) is 0 Å². The van der Waals surface area contributed by atoms with Crippen LogP contribution in [-0.2, 0) is 14.3 Å². The molecule has 7 nitrogen and oxygen atoms in total. The SMILES string of the molecule is CCC(C)(CNC(=O)OCC1c2ccccc2-c2ccccc21)C(=O)N1C[C@@H](C)[C@](C)(C(=O)O)C1. The summed E-state index contributed by atoms with van der Waals surface area (Å²) in [6.45, 7) is 8.13. The van der Waals surface area contributed by atoms with Crippen molar-refractivity contribution in [3.8, 4) is 11.1 Å². The average Bonchev–Trinajstić information content (AvgIpc) is 3.35. The van der Waals surface area contributed by atoms with E-state index in [1.54, 1.807) is 18.7 Å². The zero-order chi connectivity index (χ0) is 25.4. The third-order valence-corrected chi connectivity index (χ3v) is 8.14. The van der Waals surface area contributed by atoms with E-state index in [0.29, 0.717) is 13.0 Å². The number of carboxylic acid groups (broad SMARTS) is 1. The molecule has 7 heteroatoms. The van der Waals surface area contributed by atoms with Crippen molar-refractivity contribution in [1.29, 1.82) is 0 Å². The molecule has 1 saturated heterocycles. The van der Waals surface area contributed by atoms with Crippen LogP contribution in [0.3, 0.4) is 0 Å². The molecule has 0 spiro atoms. The van der Waals surface area contributed by atoms with Gasteiger partial charge in [0.2, 0.25) is 5.91 Å². The van der Waals surface area contributed by atoms with Crippen LogP contribution in [0, 0.1) is 16.7 Å². The molecule has 0 aromatic heterocycles. The van der Waals surface area contributed by atoms with Crippen LogP contribution in [0.1, 0.15) is 51.2 Å². The van der Waals surface area contributed by atoms with Crippen LogP contribution in [0.4, 0.5) is 4.79 Å². The minimum absolute atomic E-state index is 0.0351. The van der Waals surface area contributed by atoms with Gasteiger partial charge >= 0.3 is 12.1 Å². The van der Waals surface area contributed by atoms with Crippen LogP contribution < -0.4 is 5.32 Å². The average molecular weight is 479 g/mol. The van der Waals surface area contributed by atoms with Gasteiger partial charge in [-0.15, -0.1) is 0 Å². The Hall–Kier alpha value is -3.35. The van der Waals surface area contributed by atoms with Crippen LogP contribution in [0.25, 0.3) is 11.1 Å². The van der Waals surface area contributed by atoms with Gasteiger partial charge in [-0.2, -0.15) is 0 Å². The smallest absolute Gasteiger partial charge is 0.407 e. The molecule has 1 aliphatic carbocycles. The first-order valence-corrected chi connectivity index (χ1v) is 12.2. The molecule has 4 rings (SSSR count). The lowest BCUT2D eigenvalue weighted by Gasteiger charge is -2.32. The van der Waals surface area contributed by atoms with Crippen LogP contribution in [0.2, 0.25) is 0 Å². The number of carboxylic acids is 1. The van der Waals surface area contributed by atoms with Gasteiger partial charge in [0.15, 0.2) is 0 Å². The highest BCUT2D eigenvalue weighted by molar-refractivity contribution is 5.85. The highest BCUT2D eigenvalue weighted by Crippen LogP contribution is 2.44. The number of hydrogen-bond acceptors (Lipinski definition) is 4. The Morgan fingerprint density at radius 1 is 1.11 bits per heavy atom. The van der Waals surface area contributed by atoms with E-state index in [1.165, 1.54) is 0 Å². The summed E-state index contributed by atoms with van der Waals surface area (Å²) in [7, 11) is 0. The first kappa shape index (κ1) is 24.8. The number of amides is 2. The number of fused-ring (bicyclic) bond motifs is 3. The molecule has 2 aromatic carbocycles. The molecule has 1 fully saturated rings. The van der Waals surface area contributed by atoms with Gasteiger partial charge in [-0.3, -0.25) is 9.59 Å². The van der Waals surface area contributed by atoms with Gasteiger partial charge in [0.05, 0.1) is 10.8 Å². The van der Waals surface area contributed by atoms with Gasteiger partial charge in [-0.25, -0.2) is 4.79 Å². The van der Waals surface area contributed by atoms with E-state index in [1.807, 2.05) is 38.1 Å². The van der Waals surface area contributed by atoms with E-state index < -0.39 is 22.9 Å². The molecule has 1 aliphatic heterocycles. The Morgan fingerprint density at radius 3 is 2.20 bits per heavy atom. The Labute approximate surface area is 206 Å². The van der Waals surface area contributed by atoms with Crippen molar-refractivity contribution >= 4 is 18.0 Å². The van der Waals surface area contributed by atoms with E-state index in [0.717, 1.165) is 22.3 Å². The van der Waals surface area contributed by atoms with Crippen LogP contribution in [0.5, 0.6) is 0 Å². The molecule has 2 aromatic rings. The molecular formula is C28H34N2O5. The van der Waals surface area contributed by atoms with Crippen molar-refractivity contribution in [1.82, 2.24) is 10.2 Å². The number of hydrogen-bond donors (Lipinski definition) is 2. The summed E-state index contributed by atoms with van der Waals surface area (Å²) in [6, 6.07) is 16.3. The summed E-state index contributed by atoms with van der Waals surface area (Å²) >= 11 is 0. The number of likely N-dealkylation sites (tertiary alicyclic amines) is 1. The van der Waals surface area contributed by atoms with E-state index in [9.17, 15) is 19.5 Å². The molecule has 1 heterocycles. The zero-order valence-corrected chi connectivity index (χ0v) is 20.8. The van der Waals surface area contributed by atoms with Crippen molar-refractivity contribution in [2.45, 2.75) is 40.0 Å². The van der Waals surface area contributed by atoms with E-state index in [4.69, 9.17) is 4.74 Å². The van der Waals surface area contributed by atoms with Gasteiger partial charge in [0, 0.05) is 25.6 Å². The van der Waals surface area contributed by atoms with Gasteiger partial charge in [-0.05, 0) is 48.4 Å². The Morgan fingerprint density at radius 2 is 1.69 bits per heavy atom. The minimum atomic E-state index is -0.968.